The van der Waals surface area contributed by atoms with Gasteiger partial charge in [-0.15, -0.1) is 0 Å². The highest BCUT2D eigenvalue weighted by molar-refractivity contribution is 6.36. The highest BCUT2D eigenvalue weighted by Gasteiger charge is 2.19. The molecule has 1 aliphatic rings. The summed E-state index contributed by atoms with van der Waals surface area (Å²) in [5.74, 6) is -0.0618. The number of piperazine rings is 1. The Balaban J connectivity index is 1.51. The Hall–Kier alpha value is -1.75. The second-order valence-corrected chi connectivity index (χ2v) is 7.12. The minimum absolute atomic E-state index is 0.0618. The minimum Gasteiger partial charge on any atom is -0.369 e. The zero-order chi connectivity index (χ0) is 17.8. The van der Waals surface area contributed by atoms with E-state index in [1.165, 1.54) is 11.3 Å². The summed E-state index contributed by atoms with van der Waals surface area (Å²) < 4.78 is 0. The molecule has 0 aromatic heterocycles. The molecule has 0 aliphatic carbocycles. The summed E-state index contributed by atoms with van der Waals surface area (Å²) in [4.78, 5) is 16.8. The van der Waals surface area contributed by atoms with E-state index < -0.39 is 0 Å². The van der Waals surface area contributed by atoms with Gasteiger partial charge in [0.1, 0.15) is 0 Å². The lowest BCUT2D eigenvalue weighted by Gasteiger charge is -2.35. The third-order valence-electron chi connectivity index (χ3n) is 4.31. The van der Waals surface area contributed by atoms with Gasteiger partial charge < -0.3 is 10.2 Å². The molecular formula is C19H21Cl2N3O. The van der Waals surface area contributed by atoms with Crippen molar-refractivity contribution in [1.82, 2.24) is 4.90 Å². The van der Waals surface area contributed by atoms with Crippen LogP contribution in [0.3, 0.4) is 0 Å². The molecule has 2 aromatic carbocycles. The molecule has 0 saturated carbocycles. The molecule has 0 unspecified atom stereocenters. The molecule has 25 heavy (non-hydrogen) atoms. The smallest absolute Gasteiger partial charge is 0.238 e. The van der Waals surface area contributed by atoms with Crippen LogP contribution < -0.4 is 10.2 Å². The van der Waals surface area contributed by atoms with Crippen LogP contribution in [0.4, 0.5) is 11.4 Å². The van der Waals surface area contributed by atoms with Gasteiger partial charge >= 0.3 is 0 Å². The monoisotopic (exact) mass is 377 g/mol. The summed E-state index contributed by atoms with van der Waals surface area (Å²) in [6.07, 6.45) is 0. The fourth-order valence-electron chi connectivity index (χ4n) is 2.97. The molecule has 1 N–H and O–H groups in total. The van der Waals surface area contributed by atoms with Crippen LogP contribution in [0.2, 0.25) is 10.0 Å². The van der Waals surface area contributed by atoms with Crippen LogP contribution in [0.15, 0.2) is 42.5 Å². The first-order valence-electron chi connectivity index (χ1n) is 8.30. The number of aryl methyl sites for hydroxylation is 1. The van der Waals surface area contributed by atoms with Gasteiger partial charge in [-0.3, -0.25) is 9.69 Å². The highest BCUT2D eigenvalue weighted by atomic mass is 35.5. The van der Waals surface area contributed by atoms with Crippen molar-refractivity contribution < 1.29 is 4.79 Å². The standard InChI is InChI=1S/C19H21Cl2N3O/c1-14-3-2-4-16(11-14)24-9-7-23(8-10-24)13-19(25)22-18-6-5-15(20)12-17(18)21/h2-6,11-12H,7-10,13H2,1H3,(H,22,25). The Bertz CT molecular complexity index is 758. The Labute approximate surface area is 158 Å². The quantitative estimate of drug-likeness (QED) is 0.872. The summed E-state index contributed by atoms with van der Waals surface area (Å²) in [5, 5.41) is 3.85. The van der Waals surface area contributed by atoms with Gasteiger partial charge in [-0.1, -0.05) is 35.3 Å². The number of amides is 1. The first kappa shape index (κ1) is 18.1. The maximum absolute atomic E-state index is 12.3. The van der Waals surface area contributed by atoms with Crippen molar-refractivity contribution in [1.29, 1.82) is 0 Å². The second kappa shape index (κ2) is 8.09. The number of carbonyl (C=O) groups excluding carboxylic acids is 1. The van der Waals surface area contributed by atoms with E-state index in [4.69, 9.17) is 23.2 Å². The van der Waals surface area contributed by atoms with E-state index >= 15 is 0 Å². The number of benzene rings is 2. The Morgan fingerprint density at radius 3 is 2.52 bits per heavy atom. The SMILES string of the molecule is Cc1cccc(N2CCN(CC(=O)Nc3ccc(Cl)cc3Cl)CC2)c1. The summed E-state index contributed by atoms with van der Waals surface area (Å²) in [7, 11) is 0. The van der Waals surface area contributed by atoms with Gasteiger partial charge in [0.05, 0.1) is 17.3 Å². The number of anilines is 2. The van der Waals surface area contributed by atoms with Gasteiger partial charge in [0.2, 0.25) is 5.91 Å². The average molecular weight is 378 g/mol. The van der Waals surface area contributed by atoms with E-state index in [0.717, 1.165) is 26.2 Å². The predicted molar refractivity (Wildman–Crippen MR) is 105 cm³/mol. The van der Waals surface area contributed by atoms with E-state index in [1.54, 1.807) is 18.2 Å². The van der Waals surface area contributed by atoms with Crippen molar-refractivity contribution in [2.75, 3.05) is 42.9 Å². The van der Waals surface area contributed by atoms with E-state index in [9.17, 15) is 4.79 Å². The number of carbonyl (C=O) groups is 1. The molecule has 0 radical (unpaired) electrons. The van der Waals surface area contributed by atoms with Crippen molar-refractivity contribution in [2.45, 2.75) is 6.92 Å². The van der Waals surface area contributed by atoms with Crippen LogP contribution in [0.25, 0.3) is 0 Å². The molecule has 1 aliphatic heterocycles. The Morgan fingerprint density at radius 2 is 1.84 bits per heavy atom. The van der Waals surface area contributed by atoms with Gasteiger partial charge in [-0.05, 0) is 42.8 Å². The van der Waals surface area contributed by atoms with Crippen LogP contribution in [-0.4, -0.2) is 43.5 Å². The first-order chi connectivity index (χ1) is 12.0. The zero-order valence-electron chi connectivity index (χ0n) is 14.1. The predicted octanol–water partition coefficient (Wildman–Crippen LogP) is 4.06. The van der Waals surface area contributed by atoms with Crippen LogP contribution in [0.1, 0.15) is 5.56 Å². The summed E-state index contributed by atoms with van der Waals surface area (Å²) in [6, 6.07) is 13.6. The largest absolute Gasteiger partial charge is 0.369 e. The van der Waals surface area contributed by atoms with Crippen molar-refractivity contribution in [3.63, 3.8) is 0 Å². The number of halogens is 2. The molecule has 0 spiro atoms. The average Bonchev–Trinajstić information content (AvgIpc) is 2.58. The van der Waals surface area contributed by atoms with Crippen molar-refractivity contribution in [3.8, 4) is 0 Å². The fraction of sp³-hybridized carbons (Fsp3) is 0.316. The van der Waals surface area contributed by atoms with Crippen molar-refractivity contribution in [2.24, 2.45) is 0 Å². The number of nitrogens with zero attached hydrogens (tertiary/aromatic N) is 2. The van der Waals surface area contributed by atoms with Crippen LogP contribution in [-0.2, 0) is 4.79 Å². The Kier molecular flexibility index (Phi) is 5.84. The summed E-state index contributed by atoms with van der Waals surface area (Å²) in [6.45, 7) is 6.01. The minimum atomic E-state index is -0.0618. The van der Waals surface area contributed by atoms with E-state index in [0.29, 0.717) is 22.3 Å². The van der Waals surface area contributed by atoms with E-state index in [-0.39, 0.29) is 5.91 Å². The molecule has 4 nitrogen and oxygen atoms in total. The number of hydrogen-bond donors (Lipinski definition) is 1. The molecule has 0 atom stereocenters. The summed E-state index contributed by atoms with van der Waals surface area (Å²) in [5.41, 5.74) is 3.10. The number of hydrogen-bond acceptors (Lipinski definition) is 3. The fourth-order valence-corrected chi connectivity index (χ4v) is 3.43. The van der Waals surface area contributed by atoms with Gasteiger partial charge in [0.15, 0.2) is 0 Å². The lowest BCUT2D eigenvalue weighted by Crippen LogP contribution is -2.48. The molecule has 6 heteroatoms. The van der Waals surface area contributed by atoms with E-state index in [1.807, 2.05) is 0 Å². The van der Waals surface area contributed by atoms with Gasteiger partial charge in [0.25, 0.3) is 0 Å². The normalized spacial score (nSPS) is 15.2. The molecule has 0 bridgehead atoms. The van der Waals surface area contributed by atoms with Crippen LogP contribution >= 0.6 is 23.2 Å². The molecular weight excluding hydrogens is 357 g/mol. The molecule has 2 aromatic rings. The molecule has 1 amide bonds. The molecule has 1 saturated heterocycles. The third-order valence-corrected chi connectivity index (χ3v) is 4.86. The van der Waals surface area contributed by atoms with Crippen molar-refractivity contribution in [3.05, 3.63) is 58.1 Å². The maximum atomic E-state index is 12.3. The molecule has 1 heterocycles. The third kappa shape index (κ3) is 4.88. The van der Waals surface area contributed by atoms with E-state index in [2.05, 4.69) is 46.3 Å². The topological polar surface area (TPSA) is 35.6 Å². The van der Waals surface area contributed by atoms with Gasteiger partial charge in [0, 0.05) is 36.9 Å². The van der Waals surface area contributed by atoms with Crippen LogP contribution in [0, 0.1) is 6.92 Å². The zero-order valence-corrected chi connectivity index (χ0v) is 15.6. The highest BCUT2D eigenvalue weighted by Crippen LogP contribution is 2.25. The number of rotatable bonds is 4. The van der Waals surface area contributed by atoms with Gasteiger partial charge in [-0.2, -0.15) is 0 Å². The van der Waals surface area contributed by atoms with Crippen molar-refractivity contribution >= 4 is 40.5 Å². The maximum Gasteiger partial charge on any atom is 0.238 e. The lowest BCUT2D eigenvalue weighted by molar-refractivity contribution is -0.117. The number of nitrogens with one attached hydrogen (secondary N) is 1. The molecule has 1 fully saturated rings. The lowest BCUT2D eigenvalue weighted by atomic mass is 10.2. The molecule has 3 rings (SSSR count). The van der Waals surface area contributed by atoms with Gasteiger partial charge in [-0.25, -0.2) is 0 Å². The first-order valence-corrected chi connectivity index (χ1v) is 9.06. The second-order valence-electron chi connectivity index (χ2n) is 6.27. The summed E-state index contributed by atoms with van der Waals surface area (Å²) >= 11 is 12.0. The molecule has 132 valence electrons. The van der Waals surface area contributed by atoms with Crippen LogP contribution in [0.5, 0.6) is 0 Å². The Morgan fingerprint density at radius 1 is 1.08 bits per heavy atom.